The Kier molecular flexibility index (Phi) is 1.91. The quantitative estimate of drug-likeness (QED) is 0.679. The van der Waals surface area contributed by atoms with Crippen LogP contribution in [-0.2, 0) is 0 Å². The van der Waals surface area contributed by atoms with E-state index in [0.29, 0.717) is 10.8 Å². The average molecular weight is 234 g/mol. The highest BCUT2D eigenvalue weighted by molar-refractivity contribution is 6.35. The van der Waals surface area contributed by atoms with Crippen LogP contribution in [0, 0.1) is 0 Å². The van der Waals surface area contributed by atoms with Crippen LogP contribution in [0.5, 0.6) is 0 Å². The molecule has 2 aromatic heterocycles. The van der Waals surface area contributed by atoms with Crippen molar-refractivity contribution in [3.05, 3.63) is 35.7 Å². The standard InChI is InChI=1S/C11H8ClN3O/c12-8-1-2-9-6(3-4-16-9)10(8)7-5-14-15-11(7)13/h1-5H,(H3,13,14,15). The van der Waals surface area contributed by atoms with E-state index in [1.807, 2.05) is 12.1 Å². The third-order valence-corrected chi connectivity index (χ3v) is 2.84. The predicted molar refractivity (Wildman–Crippen MR) is 63.2 cm³/mol. The van der Waals surface area contributed by atoms with Crippen molar-refractivity contribution in [1.29, 1.82) is 0 Å². The Labute approximate surface area is 96.0 Å². The molecule has 0 aliphatic heterocycles. The summed E-state index contributed by atoms with van der Waals surface area (Å²) in [5.74, 6) is 0.496. The summed E-state index contributed by atoms with van der Waals surface area (Å²) < 4.78 is 5.32. The molecule has 0 unspecified atom stereocenters. The SMILES string of the molecule is Nc1[nH]ncc1-c1c(Cl)ccc2occc12. The summed E-state index contributed by atoms with van der Waals surface area (Å²) in [6.07, 6.45) is 3.28. The van der Waals surface area contributed by atoms with Gasteiger partial charge in [-0.25, -0.2) is 0 Å². The first-order chi connectivity index (χ1) is 7.77. The van der Waals surface area contributed by atoms with Crippen LogP contribution >= 0.6 is 11.6 Å². The molecule has 0 atom stereocenters. The Morgan fingerprint density at radius 1 is 1.31 bits per heavy atom. The molecule has 0 aliphatic rings. The lowest BCUT2D eigenvalue weighted by molar-refractivity contribution is 0.616. The van der Waals surface area contributed by atoms with Crippen LogP contribution in [0.2, 0.25) is 5.02 Å². The summed E-state index contributed by atoms with van der Waals surface area (Å²) in [5.41, 5.74) is 8.21. The molecule has 0 radical (unpaired) electrons. The summed E-state index contributed by atoms with van der Waals surface area (Å²) in [6, 6.07) is 5.48. The van der Waals surface area contributed by atoms with Gasteiger partial charge in [-0.2, -0.15) is 5.10 Å². The average Bonchev–Trinajstić information content (AvgIpc) is 2.87. The van der Waals surface area contributed by atoms with E-state index in [9.17, 15) is 0 Å². The van der Waals surface area contributed by atoms with E-state index in [1.54, 1.807) is 18.5 Å². The van der Waals surface area contributed by atoms with Gasteiger partial charge >= 0.3 is 0 Å². The zero-order chi connectivity index (χ0) is 11.1. The number of furan rings is 1. The number of rotatable bonds is 1. The first-order valence-corrected chi connectivity index (χ1v) is 5.10. The van der Waals surface area contributed by atoms with E-state index < -0.39 is 0 Å². The van der Waals surface area contributed by atoms with Crippen LogP contribution in [0.25, 0.3) is 22.1 Å². The topological polar surface area (TPSA) is 67.8 Å². The maximum absolute atomic E-state index is 6.18. The highest BCUT2D eigenvalue weighted by Crippen LogP contribution is 2.37. The van der Waals surface area contributed by atoms with Crippen LogP contribution in [0.15, 0.2) is 35.1 Å². The van der Waals surface area contributed by atoms with Crippen molar-refractivity contribution in [2.45, 2.75) is 0 Å². The zero-order valence-corrected chi connectivity index (χ0v) is 8.95. The molecule has 0 fully saturated rings. The van der Waals surface area contributed by atoms with E-state index in [0.717, 1.165) is 22.1 Å². The minimum atomic E-state index is 0.496. The van der Waals surface area contributed by atoms with Crippen molar-refractivity contribution in [2.24, 2.45) is 0 Å². The molecule has 0 spiro atoms. The third kappa shape index (κ3) is 1.20. The summed E-state index contributed by atoms with van der Waals surface area (Å²) in [7, 11) is 0. The Bertz CT molecular complexity index is 656. The normalized spacial score (nSPS) is 11.1. The van der Waals surface area contributed by atoms with Crippen LogP contribution in [0.3, 0.4) is 0 Å². The number of hydrogen-bond acceptors (Lipinski definition) is 3. The van der Waals surface area contributed by atoms with Gasteiger partial charge in [0.05, 0.1) is 12.5 Å². The highest BCUT2D eigenvalue weighted by Gasteiger charge is 2.14. The number of nitrogens with one attached hydrogen (secondary N) is 1. The molecule has 2 heterocycles. The third-order valence-electron chi connectivity index (χ3n) is 2.52. The second kappa shape index (κ2) is 3.28. The first-order valence-electron chi connectivity index (χ1n) is 4.72. The molecule has 0 bridgehead atoms. The van der Waals surface area contributed by atoms with Crippen molar-refractivity contribution in [2.75, 3.05) is 5.73 Å². The number of aromatic amines is 1. The second-order valence-electron chi connectivity index (χ2n) is 3.45. The molecular weight excluding hydrogens is 226 g/mol. The molecule has 0 aliphatic carbocycles. The molecule has 4 nitrogen and oxygen atoms in total. The van der Waals surface area contributed by atoms with Crippen molar-refractivity contribution < 1.29 is 4.42 Å². The lowest BCUT2D eigenvalue weighted by Gasteiger charge is -2.03. The summed E-state index contributed by atoms with van der Waals surface area (Å²) in [6.45, 7) is 0. The van der Waals surface area contributed by atoms with E-state index in [4.69, 9.17) is 21.8 Å². The number of H-pyrrole nitrogens is 1. The number of nitrogens with two attached hydrogens (primary N) is 1. The van der Waals surface area contributed by atoms with Gasteiger partial charge in [0.15, 0.2) is 0 Å². The van der Waals surface area contributed by atoms with Crippen molar-refractivity contribution in [3.63, 3.8) is 0 Å². The van der Waals surface area contributed by atoms with Crippen molar-refractivity contribution in [1.82, 2.24) is 10.2 Å². The molecule has 3 rings (SSSR count). The Morgan fingerprint density at radius 2 is 2.19 bits per heavy atom. The van der Waals surface area contributed by atoms with Gasteiger partial charge in [-0.15, -0.1) is 0 Å². The minimum Gasteiger partial charge on any atom is -0.464 e. The number of nitrogens with zero attached hydrogens (tertiary/aromatic N) is 1. The van der Waals surface area contributed by atoms with Gasteiger partial charge < -0.3 is 10.2 Å². The fourth-order valence-corrected chi connectivity index (χ4v) is 2.05. The van der Waals surface area contributed by atoms with Crippen LogP contribution < -0.4 is 5.73 Å². The summed E-state index contributed by atoms with van der Waals surface area (Å²) in [4.78, 5) is 0. The summed E-state index contributed by atoms with van der Waals surface area (Å²) in [5, 5.41) is 8.14. The van der Waals surface area contributed by atoms with Gasteiger partial charge in [-0.1, -0.05) is 11.6 Å². The number of fused-ring (bicyclic) bond motifs is 1. The van der Waals surface area contributed by atoms with Crippen LogP contribution in [0.4, 0.5) is 5.82 Å². The van der Waals surface area contributed by atoms with Gasteiger partial charge in [-0.05, 0) is 18.2 Å². The van der Waals surface area contributed by atoms with Gasteiger partial charge in [0.1, 0.15) is 11.4 Å². The maximum Gasteiger partial charge on any atom is 0.134 e. The molecule has 1 aromatic carbocycles. The second-order valence-corrected chi connectivity index (χ2v) is 3.86. The van der Waals surface area contributed by atoms with Gasteiger partial charge in [0.2, 0.25) is 0 Å². The van der Waals surface area contributed by atoms with Gasteiger partial charge in [0.25, 0.3) is 0 Å². The smallest absolute Gasteiger partial charge is 0.134 e. The molecule has 16 heavy (non-hydrogen) atoms. The molecule has 3 N–H and O–H groups in total. The molecule has 80 valence electrons. The fraction of sp³-hybridized carbons (Fsp3) is 0. The lowest BCUT2D eigenvalue weighted by atomic mass is 10.0. The fourth-order valence-electron chi connectivity index (χ4n) is 1.79. The first kappa shape index (κ1) is 9.30. The molecule has 0 saturated heterocycles. The summed E-state index contributed by atoms with van der Waals surface area (Å²) >= 11 is 6.18. The Morgan fingerprint density at radius 3 is 2.94 bits per heavy atom. The molecule has 0 saturated carbocycles. The number of aromatic nitrogens is 2. The van der Waals surface area contributed by atoms with E-state index in [1.165, 1.54) is 0 Å². The van der Waals surface area contributed by atoms with Crippen molar-refractivity contribution >= 4 is 28.4 Å². The van der Waals surface area contributed by atoms with E-state index in [-0.39, 0.29) is 0 Å². The van der Waals surface area contributed by atoms with Crippen molar-refractivity contribution in [3.8, 4) is 11.1 Å². The number of halogens is 1. The largest absolute Gasteiger partial charge is 0.464 e. The van der Waals surface area contributed by atoms with Gasteiger partial charge in [-0.3, -0.25) is 5.10 Å². The molecular formula is C11H8ClN3O. The molecule has 5 heteroatoms. The van der Waals surface area contributed by atoms with Crippen LogP contribution in [-0.4, -0.2) is 10.2 Å². The predicted octanol–water partition coefficient (Wildman–Crippen LogP) is 3.06. The zero-order valence-electron chi connectivity index (χ0n) is 8.20. The molecule has 3 aromatic rings. The molecule has 0 amide bonds. The number of hydrogen-bond donors (Lipinski definition) is 2. The van der Waals surface area contributed by atoms with E-state index in [2.05, 4.69) is 10.2 Å². The monoisotopic (exact) mass is 233 g/mol. The Hall–Kier alpha value is -1.94. The Balaban J connectivity index is 2.42. The van der Waals surface area contributed by atoms with Gasteiger partial charge in [0, 0.05) is 21.5 Å². The number of nitrogen functional groups attached to an aromatic ring is 1. The van der Waals surface area contributed by atoms with Crippen LogP contribution in [0.1, 0.15) is 0 Å². The lowest BCUT2D eigenvalue weighted by Crippen LogP contribution is -1.88. The highest BCUT2D eigenvalue weighted by atomic mass is 35.5. The number of anilines is 1. The minimum absolute atomic E-state index is 0.496. The maximum atomic E-state index is 6.18. The number of benzene rings is 1. The van der Waals surface area contributed by atoms with E-state index >= 15 is 0 Å².